The molecule has 0 bridgehead atoms. The monoisotopic (exact) mass is 739 g/mol. The predicted octanol–water partition coefficient (Wildman–Crippen LogP) is 13.3. The van der Waals surface area contributed by atoms with Crippen LogP contribution in [0.3, 0.4) is 0 Å². The lowest BCUT2D eigenvalue weighted by Gasteiger charge is -2.39. The largest absolute Gasteiger partial charge is 0.457 e. The molecule has 0 unspecified atom stereocenters. The van der Waals surface area contributed by atoms with Gasteiger partial charge in [-0.3, -0.25) is 0 Å². The fraction of sp³-hybridized carbons (Fsp3) is 0.0185. The van der Waals surface area contributed by atoms with Crippen molar-refractivity contribution in [2.75, 3.05) is 0 Å². The van der Waals surface area contributed by atoms with Crippen LogP contribution in [0.15, 0.2) is 200 Å². The van der Waals surface area contributed by atoms with Crippen molar-refractivity contribution in [3.8, 4) is 67.8 Å². The Kier molecular flexibility index (Phi) is 7.11. The molecule has 270 valence electrons. The molecule has 10 aromatic rings. The maximum absolute atomic E-state index is 6.62. The molecule has 1 aliphatic heterocycles. The number of para-hydroxylation sites is 3. The molecule has 4 nitrogen and oxygen atoms in total. The van der Waals surface area contributed by atoms with Crippen LogP contribution in [0.1, 0.15) is 22.3 Å². The molecular formula is C54H33N3O. The van der Waals surface area contributed by atoms with Crippen molar-refractivity contribution >= 4 is 21.7 Å². The average Bonchev–Trinajstić information content (AvgIpc) is 3.60. The Morgan fingerprint density at radius 1 is 0.379 bits per heavy atom. The number of fused-ring (bicyclic) bond motifs is 13. The molecule has 0 saturated carbocycles. The number of hydrogen-bond donors (Lipinski definition) is 0. The first-order valence-electron chi connectivity index (χ1n) is 19.7. The Hall–Kier alpha value is -7.69. The highest BCUT2D eigenvalue weighted by molar-refractivity contribution is 6.18. The Morgan fingerprint density at radius 2 is 0.931 bits per heavy atom. The van der Waals surface area contributed by atoms with Gasteiger partial charge < -0.3 is 4.74 Å². The van der Waals surface area contributed by atoms with E-state index in [4.69, 9.17) is 19.7 Å². The minimum absolute atomic E-state index is 0.571. The smallest absolute Gasteiger partial charge is 0.160 e. The standard InChI is InChI=1S/C54H33N3O/c1-3-15-34(16-4-1)46-33-47(57-53(56-46)37-17-5-2-6-18-37)35-27-29-36(30-28-35)52-51-39(38-19-8-12-24-45(38)55-52)31-32-44-50(51)40-20-7-9-21-41(40)54(44)42-22-10-13-25-48(42)58-49-26-14-11-23-43(49)54/h1-33H. The van der Waals surface area contributed by atoms with Crippen LogP contribution in [-0.4, -0.2) is 15.0 Å². The summed E-state index contributed by atoms with van der Waals surface area (Å²) in [4.78, 5) is 15.6. The van der Waals surface area contributed by atoms with E-state index in [0.717, 1.165) is 78.3 Å². The summed E-state index contributed by atoms with van der Waals surface area (Å²) in [5, 5.41) is 3.46. The van der Waals surface area contributed by atoms with Crippen molar-refractivity contribution < 1.29 is 4.74 Å². The van der Waals surface area contributed by atoms with Crippen LogP contribution in [0.25, 0.3) is 78.0 Å². The molecule has 1 spiro atoms. The summed E-state index contributed by atoms with van der Waals surface area (Å²) in [6, 6.07) is 70.5. The second-order valence-corrected chi connectivity index (χ2v) is 15.0. The summed E-state index contributed by atoms with van der Waals surface area (Å²) >= 11 is 0. The van der Waals surface area contributed by atoms with Gasteiger partial charge in [0.2, 0.25) is 0 Å². The SMILES string of the molecule is c1ccc(-c2cc(-c3ccc(-c4nc5ccccc5c5ccc6c(c45)-c4ccccc4C64c5ccccc5Oc5ccccc54)cc3)nc(-c3ccccc3)n2)cc1. The van der Waals surface area contributed by atoms with Crippen LogP contribution in [0.2, 0.25) is 0 Å². The van der Waals surface area contributed by atoms with E-state index in [1.165, 1.54) is 27.6 Å². The summed E-state index contributed by atoms with van der Waals surface area (Å²) in [7, 11) is 0. The number of ether oxygens (including phenoxy) is 1. The van der Waals surface area contributed by atoms with E-state index in [0.29, 0.717) is 5.82 Å². The third-order valence-corrected chi connectivity index (χ3v) is 12.0. The zero-order valence-electron chi connectivity index (χ0n) is 31.3. The van der Waals surface area contributed by atoms with Gasteiger partial charge in [0.15, 0.2) is 5.82 Å². The van der Waals surface area contributed by atoms with Crippen molar-refractivity contribution in [2.45, 2.75) is 5.41 Å². The number of hydrogen-bond acceptors (Lipinski definition) is 4. The Labute approximate surface area is 335 Å². The predicted molar refractivity (Wildman–Crippen MR) is 234 cm³/mol. The van der Waals surface area contributed by atoms with Gasteiger partial charge >= 0.3 is 0 Å². The molecule has 0 saturated heterocycles. The van der Waals surface area contributed by atoms with Gasteiger partial charge in [-0.15, -0.1) is 0 Å². The Balaban J connectivity index is 1.10. The third kappa shape index (κ3) is 4.72. The van der Waals surface area contributed by atoms with Crippen molar-refractivity contribution in [3.63, 3.8) is 0 Å². The molecule has 4 heteroatoms. The molecule has 0 atom stereocenters. The normalized spacial score (nSPS) is 13.1. The maximum atomic E-state index is 6.62. The minimum atomic E-state index is -0.571. The van der Waals surface area contributed by atoms with Crippen LogP contribution in [0.5, 0.6) is 11.5 Å². The van der Waals surface area contributed by atoms with Crippen LogP contribution >= 0.6 is 0 Å². The second-order valence-electron chi connectivity index (χ2n) is 15.0. The number of rotatable bonds is 4. The van der Waals surface area contributed by atoms with E-state index in [2.05, 4.69) is 164 Å². The van der Waals surface area contributed by atoms with Crippen LogP contribution in [-0.2, 0) is 5.41 Å². The first kappa shape index (κ1) is 32.5. The van der Waals surface area contributed by atoms with Gasteiger partial charge in [0.05, 0.1) is 28.0 Å². The minimum Gasteiger partial charge on any atom is -0.457 e. The molecule has 0 fully saturated rings. The first-order valence-corrected chi connectivity index (χ1v) is 19.7. The molecule has 0 N–H and O–H groups in total. The van der Waals surface area contributed by atoms with E-state index in [-0.39, 0.29) is 0 Å². The molecule has 0 amide bonds. The number of nitrogens with zero attached hydrogens (tertiary/aromatic N) is 3. The maximum Gasteiger partial charge on any atom is 0.160 e. The zero-order valence-corrected chi connectivity index (χ0v) is 31.3. The van der Waals surface area contributed by atoms with E-state index < -0.39 is 5.41 Å². The molecule has 0 radical (unpaired) electrons. The fourth-order valence-electron chi connectivity index (χ4n) is 9.46. The van der Waals surface area contributed by atoms with Gasteiger partial charge in [-0.1, -0.05) is 176 Å². The third-order valence-electron chi connectivity index (χ3n) is 12.0. The van der Waals surface area contributed by atoms with E-state index >= 15 is 0 Å². The van der Waals surface area contributed by atoms with E-state index in [1.54, 1.807) is 0 Å². The lowest BCUT2D eigenvalue weighted by Crippen LogP contribution is -2.32. The lowest BCUT2D eigenvalue weighted by atomic mass is 9.66. The van der Waals surface area contributed by atoms with Crippen molar-refractivity contribution in [1.82, 2.24) is 15.0 Å². The summed E-state index contributed by atoms with van der Waals surface area (Å²) in [6.07, 6.45) is 0. The van der Waals surface area contributed by atoms with Crippen LogP contribution < -0.4 is 4.74 Å². The van der Waals surface area contributed by atoms with Gasteiger partial charge in [-0.05, 0) is 51.9 Å². The summed E-state index contributed by atoms with van der Waals surface area (Å²) < 4.78 is 6.62. The Bertz CT molecular complexity index is 3150. The quantitative estimate of drug-likeness (QED) is 0.169. The summed E-state index contributed by atoms with van der Waals surface area (Å²) in [5.41, 5.74) is 14.4. The molecule has 3 heterocycles. The highest BCUT2D eigenvalue weighted by atomic mass is 16.5. The second kappa shape index (κ2) is 12.7. The van der Waals surface area contributed by atoms with E-state index in [9.17, 15) is 0 Å². The van der Waals surface area contributed by atoms with Crippen LogP contribution in [0.4, 0.5) is 0 Å². The van der Waals surface area contributed by atoms with Crippen molar-refractivity contribution in [1.29, 1.82) is 0 Å². The van der Waals surface area contributed by atoms with Crippen LogP contribution in [0, 0.1) is 0 Å². The van der Waals surface area contributed by atoms with Gasteiger partial charge in [0.25, 0.3) is 0 Å². The Morgan fingerprint density at radius 3 is 1.64 bits per heavy atom. The summed E-state index contributed by atoms with van der Waals surface area (Å²) in [6.45, 7) is 0. The fourth-order valence-corrected chi connectivity index (χ4v) is 9.46. The molecule has 2 aromatic heterocycles. The first-order chi connectivity index (χ1) is 28.8. The van der Waals surface area contributed by atoms with Crippen molar-refractivity contribution in [2.24, 2.45) is 0 Å². The number of benzene rings is 8. The molecule has 58 heavy (non-hydrogen) atoms. The molecule has 2 aliphatic rings. The van der Waals surface area contributed by atoms with Gasteiger partial charge in [-0.2, -0.15) is 0 Å². The average molecular weight is 740 g/mol. The molecule has 12 rings (SSSR count). The molecule has 8 aromatic carbocycles. The van der Waals surface area contributed by atoms with Gasteiger partial charge in [-0.25, -0.2) is 15.0 Å². The van der Waals surface area contributed by atoms with Gasteiger partial charge in [0, 0.05) is 44.2 Å². The lowest BCUT2D eigenvalue weighted by molar-refractivity contribution is 0.436. The molecule has 1 aliphatic carbocycles. The summed E-state index contributed by atoms with van der Waals surface area (Å²) in [5.74, 6) is 2.46. The number of aromatic nitrogens is 3. The highest BCUT2D eigenvalue weighted by Gasteiger charge is 2.51. The van der Waals surface area contributed by atoms with Crippen molar-refractivity contribution in [3.05, 3.63) is 222 Å². The number of pyridine rings is 1. The molecular weight excluding hydrogens is 707 g/mol. The topological polar surface area (TPSA) is 47.9 Å². The van der Waals surface area contributed by atoms with E-state index in [1.807, 2.05) is 36.4 Å². The van der Waals surface area contributed by atoms with Gasteiger partial charge in [0.1, 0.15) is 11.5 Å². The highest BCUT2D eigenvalue weighted by Crippen LogP contribution is 2.63. The zero-order chi connectivity index (χ0) is 38.2.